The van der Waals surface area contributed by atoms with E-state index in [1.807, 2.05) is 6.92 Å². The van der Waals surface area contributed by atoms with Gasteiger partial charge in [-0.05, 0) is 30.2 Å². The van der Waals surface area contributed by atoms with Crippen molar-refractivity contribution in [2.75, 3.05) is 6.54 Å². The average Bonchev–Trinajstić information content (AvgIpc) is 2.24. The van der Waals surface area contributed by atoms with E-state index in [-0.39, 0.29) is 5.82 Å². The van der Waals surface area contributed by atoms with Crippen molar-refractivity contribution in [1.29, 1.82) is 5.26 Å². The minimum absolute atomic E-state index is 0.323. The lowest BCUT2D eigenvalue weighted by Gasteiger charge is -2.12. The van der Waals surface area contributed by atoms with E-state index in [0.717, 1.165) is 5.56 Å². The standard InChI is InChI=1S/C12H13FN2/c1-3-6-15-12(8-14)11-7-10(13)5-4-9(11)2/h3-5,7,12,15H,1,6H2,2H3. The molecule has 1 unspecified atom stereocenters. The first-order valence-electron chi connectivity index (χ1n) is 4.69. The normalized spacial score (nSPS) is 11.8. The predicted molar refractivity (Wildman–Crippen MR) is 57.7 cm³/mol. The van der Waals surface area contributed by atoms with Crippen LogP contribution < -0.4 is 5.32 Å². The molecule has 78 valence electrons. The van der Waals surface area contributed by atoms with Crippen molar-refractivity contribution in [2.24, 2.45) is 0 Å². The second-order valence-electron chi connectivity index (χ2n) is 3.26. The molecule has 0 saturated heterocycles. The van der Waals surface area contributed by atoms with Gasteiger partial charge in [-0.1, -0.05) is 12.1 Å². The quantitative estimate of drug-likeness (QED) is 0.765. The predicted octanol–water partition coefficient (Wildman–Crippen LogP) is 2.47. The maximum Gasteiger partial charge on any atom is 0.123 e. The molecule has 0 aromatic heterocycles. The molecule has 0 aliphatic rings. The van der Waals surface area contributed by atoms with Crippen molar-refractivity contribution in [1.82, 2.24) is 5.32 Å². The van der Waals surface area contributed by atoms with Gasteiger partial charge < -0.3 is 0 Å². The molecule has 0 aliphatic carbocycles. The highest BCUT2D eigenvalue weighted by molar-refractivity contribution is 5.32. The fourth-order valence-electron chi connectivity index (χ4n) is 1.35. The average molecular weight is 204 g/mol. The Hall–Kier alpha value is -1.66. The van der Waals surface area contributed by atoms with E-state index in [1.54, 1.807) is 12.1 Å². The lowest BCUT2D eigenvalue weighted by atomic mass is 10.0. The Morgan fingerprint density at radius 3 is 3.00 bits per heavy atom. The van der Waals surface area contributed by atoms with E-state index < -0.39 is 6.04 Å². The van der Waals surface area contributed by atoms with Gasteiger partial charge in [-0.15, -0.1) is 6.58 Å². The molecule has 0 radical (unpaired) electrons. The summed E-state index contributed by atoms with van der Waals surface area (Å²) in [6.07, 6.45) is 1.67. The van der Waals surface area contributed by atoms with Crippen molar-refractivity contribution >= 4 is 0 Å². The fourth-order valence-corrected chi connectivity index (χ4v) is 1.35. The van der Waals surface area contributed by atoms with Gasteiger partial charge >= 0.3 is 0 Å². The van der Waals surface area contributed by atoms with Gasteiger partial charge in [-0.3, -0.25) is 5.32 Å². The maximum atomic E-state index is 13.0. The Morgan fingerprint density at radius 2 is 2.40 bits per heavy atom. The van der Waals surface area contributed by atoms with E-state index in [9.17, 15) is 4.39 Å². The number of rotatable bonds is 4. The van der Waals surface area contributed by atoms with Gasteiger partial charge in [0.1, 0.15) is 11.9 Å². The van der Waals surface area contributed by atoms with E-state index in [1.165, 1.54) is 12.1 Å². The zero-order valence-electron chi connectivity index (χ0n) is 8.63. The highest BCUT2D eigenvalue weighted by Crippen LogP contribution is 2.18. The minimum atomic E-state index is -0.487. The summed E-state index contributed by atoms with van der Waals surface area (Å²) in [7, 11) is 0. The van der Waals surface area contributed by atoms with Crippen LogP contribution in [0.25, 0.3) is 0 Å². The molecule has 0 saturated carbocycles. The van der Waals surface area contributed by atoms with Gasteiger partial charge in [0.25, 0.3) is 0 Å². The van der Waals surface area contributed by atoms with Crippen LogP contribution in [0, 0.1) is 24.1 Å². The van der Waals surface area contributed by atoms with Crippen molar-refractivity contribution < 1.29 is 4.39 Å². The summed E-state index contributed by atoms with van der Waals surface area (Å²) in [5.41, 5.74) is 1.58. The summed E-state index contributed by atoms with van der Waals surface area (Å²) in [6.45, 7) is 5.93. The van der Waals surface area contributed by atoms with Crippen LogP contribution in [0.1, 0.15) is 17.2 Å². The van der Waals surface area contributed by atoms with Crippen LogP contribution in [0.5, 0.6) is 0 Å². The van der Waals surface area contributed by atoms with Crippen molar-refractivity contribution in [3.05, 3.63) is 47.8 Å². The number of benzene rings is 1. The Labute approximate surface area is 89.0 Å². The van der Waals surface area contributed by atoms with Crippen LogP contribution in [-0.2, 0) is 0 Å². The summed E-state index contributed by atoms with van der Waals surface area (Å²) < 4.78 is 13.0. The lowest BCUT2D eigenvalue weighted by Crippen LogP contribution is -2.20. The lowest BCUT2D eigenvalue weighted by molar-refractivity contribution is 0.615. The molecule has 0 bridgehead atoms. The van der Waals surface area contributed by atoms with Gasteiger partial charge in [0, 0.05) is 6.54 Å². The first kappa shape index (κ1) is 11.4. The number of hydrogen-bond donors (Lipinski definition) is 1. The molecule has 1 rings (SSSR count). The zero-order chi connectivity index (χ0) is 11.3. The summed E-state index contributed by atoms with van der Waals surface area (Å²) >= 11 is 0. The summed E-state index contributed by atoms with van der Waals surface area (Å²) in [6, 6.07) is 6.06. The second-order valence-corrected chi connectivity index (χ2v) is 3.26. The number of hydrogen-bond acceptors (Lipinski definition) is 2. The highest BCUT2D eigenvalue weighted by Gasteiger charge is 2.12. The Kier molecular flexibility index (Phi) is 4.02. The smallest absolute Gasteiger partial charge is 0.123 e. The van der Waals surface area contributed by atoms with Gasteiger partial charge in [-0.2, -0.15) is 5.26 Å². The molecule has 1 atom stereocenters. The molecule has 15 heavy (non-hydrogen) atoms. The van der Waals surface area contributed by atoms with Crippen LogP contribution in [0.15, 0.2) is 30.9 Å². The van der Waals surface area contributed by atoms with Crippen LogP contribution in [0.2, 0.25) is 0 Å². The third-order valence-electron chi connectivity index (χ3n) is 2.15. The molecule has 0 aliphatic heterocycles. The third-order valence-corrected chi connectivity index (χ3v) is 2.15. The number of nitriles is 1. The Bertz CT molecular complexity index is 393. The summed E-state index contributed by atoms with van der Waals surface area (Å²) in [5, 5.41) is 11.9. The second kappa shape index (κ2) is 5.28. The van der Waals surface area contributed by atoms with Crippen LogP contribution in [0.4, 0.5) is 4.39 Å². The third kappa shape index (κ3) is 2.90. The molecule has 0 fully saturated rings. The number of nitrogens with zero attached hydrogens (tertiary/aromatic N) is 1. The van der Waals surface area contributed by atoms with E-state index in [2.05, 4.69) is 18.0 Å². The SMILES string of the molecule is C=CCNC(C#N)c1cc(F)ccc1C. The summed E-state index contributed by atoms with van der Waals surface area (Å²) in [4.78, 5) is 0. The molecule has 3 heteroatoms. The molecular weight excluding hydrogens is 191 g/mol. The van der Waals surface area contributed by atoms with E-state index >= 15 is 0 Å². The minimum Gasteiger partial charge on any atom is -0.295 e. The first-order chi connectivity index (χ1) is 7.19. The molecule has 0 amide bonds. The van der Waals surface area contributed by atoms with Crippen LogP contribution in [0.3, 0.4) is 0 Å². The molecular formula is C12H13FN2. The molecule has 0 spiro atoms. The molecule has 2 nitrogen and oxygen atoms in total. The Balaban J connectivity index is 2.96. The van der Waals surface area contributed by atoms with Crippen LogP contribution >= 0.6 is 0 Å². The number of nitrogens with one attached hydrogen (secondary N) is 1. The van der Waals surface area contributed by atoms with Crippen molar-refractivity contribution in [3.63, 3.8) is 0 Å². The van der Waals surface area contributed by atoms with Crippen LogP contribution in [-0.4, -0.2) is 6.54 Å². The number of halogens is 1. The van der Waals surface area contributed by atoms with Gasteiger partial charge in [0.05, 0.1) is 6.07 Å². The van der Waals surface area contributed by atoms with Crippen molar-refractivity contribution in [2.45, 2.75) is 13.0 Å². The van der Waals surface area contributed by atoms with Gasteiger partial charge in [0.2, 0.25) is 0 Å². The van der Waals surface area contributed by atoms with Gasteiger partial charge in [-0.25, -0.2) is 4.39 Å². The topological polar surface area (TPSA) is 35.8 Å². The fraction of sp³-hybridized carbons (Fsp3) is 0.250. The first-order valence-corrected chi connectivity index (χ1v) is 4.69. The number of aryl methyl sites for hydroxylation is 1. The Morgan fingerprint density at radius 1 is 1.67 bits per heavy atom. The molecule has 0 heterocycles. The highest BCUT2D eigenvalue weighted by atomic mass is 19.1. The van der Waals surface area contributed by atoms with E-state index in [4.69, 9.17) is 5.26 Å². The monoisotopic (exact) mass is 204 g/mol. The molecule has 1 N–H and O–H groups in total. The molecule has 1 aromatic rings. The largest absolute Gasteiger partial charge is 0.295 e. The zero-order valence-corrected chi connectivity index (χ0v) is 8.63. The van der Waals surface area contributed by atoms with Crippen molar-refractivity contribution in [3.8, 4) is 6.07 Å². The van der Waals surface area contributed by atoms with E-state index in [0.29, 0.717) is 12.1 Å². The maximum absolute atomic E-state index is 13.0. The summed E-state index contributed by atoms with van der Waals surface area (Å²) in [5.74, 6) is -0.323. The molecule has 1 aromatic carbocycles. The van der Waals surface area contributed by atoms with Gasteiger partial charge in [0.15, 0.2) is 0 Å².